The first kappa shape index (κ1) is 18.1. The van der Waals surface area contributed by atoms with Crippen molar-refractivity contribution in [2.75, 3.05) is 10.2 Å². The Balaban J connectivity index is 1.87. The number of hydrogen-bond donors (Lipinski definition) is 2. The standard InChI is InChI=1S/C17H14ClN3O4S/c1-10-2-6-12(7-3-10)21-16(22)14(18)15(17(21)23)20-11-4-8-13(9-5-11)26(19,24)25/h2-9,20H,1H3,(H2,19,24,25). The molecular formula is C17H14ClN3O4S. The van der Waals surface area contributed by atoms with Crippen LogP contribution in [0.4, 0.5) is 11.4 Å². The second-order valence-electron chi connectivity index (χ2n) is 5.66. The van der Waals surface area contributed by atoms with Crippen LogP contribution < -0.4 is 15.4 Å². The first-order valence-electron chi connectivity index (χ1n) is 7.43. The summed E-state index contributed by atoms with van der Waals surface area (Å²) in [4.78, 5) is 25.9. The summed E-state index contributed by atoms with van der Waals surface area (Å²) in [6, 6.07) is 12.3. The van der Waals surface area contributed by atoms with E-state index in [2.05, 4.69) is 5.32 Å². The molecule has 0 atom stereocenters. The number of anilines is 2. The molecule has 134 valence electrons. The quantitative estimate of drug-likeness (QED) is 0.775. The monoisotopic (exact) mass is 391 g/mol. The van der Waals surface area contributed by atoms with Crippen LogP contribution in [0.25, 0.3) is 0 Å². The first-order valence-corrected chi connectivity index (χ1v) is 9.36. The van der Waals surface area contributed by atoms with Crippen LogP contribution in [0.15, 0.2) is 64.2 Å². The van der Waals surface area contributed by atoms with Gasteiger partial charge in [0.05, 0.1) is 10.6 Å². The SMILES string of the molecule is Cc1ccc(N2C(=O)C(Cl)=C(Nc3ccc(S(N)(=O)=O)cc3)C2=O)cc1. The van der Waals surface area contributed by atoms with Crippen molar-refractivity contribution in [1.29, 1.82) is 0 Å². The van der Waals surface area contributed by atoms with Crippen LogP contribution in [-0.4, -0.2) is 20.2 Å². The highest BCUT2D eigenvalue weighted by Crippen LogP contribution is 2.30. The van der Waals surface area contributed by atoms with E-state index in [9.17, 15) is 18.0 Å². The van der Waals surface area contributed by atoms with Gasteiger partial charge in [-0.2, -0.15) is 0 Å². The Bertz CT molecular complexity index is 1030. The number of nitrogens with one attached hydrogen (secondary N) is 1. The average Bonchev–Trinajstić information content (AvgIpc) is 2.79. The van der Waals surface area contributed by atoms with Gasteiger partial charge in [0.25, 0.3) is 11.8 Å². The van der Waals surface area contributed by atoms with Crippen LogP contribution in [0, 0.1) is 6.92 Å². The minimum absolute atomic E-state index is 0.0711. The number of aryl methyl sites for hydroxylation is 1. The van der Waals surface area contributed by atoms with Crippen molar-refractivity contribution in [2.45, 2.75) is 11.8 Å². The number of nitrogens with zero attached hydrogens (tertiary/aromatic N) is 1. The predicted molar refractivity (Wildman–Crippen MR) is 98.0 cm³/mol. The Labute approximate surface area is 155 Å². The topological polar surface area (TPSA) is 110 Å². The average molecular weight is 392 g/mol. The molecule has 2 amide bonds. The molecular weight excluding hydrogens is 378 g/mol. The normalized spacial score (nSPS) is 15.0. The van der Waals surface area contributed by atoms with E-state index in [0.29, 0.717) is 11.4 Å². The largest absolute Gasteiger partial charge is 0.350 e. The molecule has 0 aromatic heterocycles. The summed E-state index contributed by atoms with van der Waals surface area (Å²) < 4.78 is 22.6. The lowest BCUT2D eigenvalue weighted by molar-refractivity contribution is -0.120. The summed E-state index contributed by atoms with van der Waals surface area (Å²) in [6.07, 6.45) is 0. The lowest BCUT2D eigenvalue weighted by Crippen LogP contribution is -2.32. The fourth-order valence-electron chi connectivity index (χ4n) is 2.41. The van der Waals surface area contributed by atoms with Gasteiger partial charge in [-0.25, -0.2) is 18.5 Å². The van der Waals surface area contributed by atoms with E-state index < -0.39 is 21.8 Å². The Morgan fingerprint density at radius 2 is 1.54 bits per heavy atom. The number of imide groups is 1. The molecule has 0 fully saturated rings. The van der Waals surface area contributed by atoms with Gasteiger partial charge in [-0.1, -0.05) is 29.3 Å². The smallest absolute Gasteiger partial charge is 0.283 e. The van der Waals surface area contributed by atoms with Gasteiger partial charge >= 0.3 is 0 Å². The van der Waals surface area contributed by atoms with Crippen molar-refractivity contribution >= 4 is 44.8 Å². The zero-order valence-corrected chi connectivity index (χ0v) is 15.1. The van der Waals surface area contributed by atoms with Gasteiger partial charge in [-0.15, -0.1) is 0 Å². The van der Waals surface area contributed by atoms with E-state index in [0.717, 1.165) is 10.5 Å². The molecule has 1 heterocycles. The molecule has 0 radical (unpaired) electrons. The van der Waals surface area contributed by atoms with Crippen molar-refractivity contribution in [3.05, 3.63) is 64.8 Å². The van der Waals surface area contributed by atoms with E-state index in [4.69, 9.17) is 16.7 Å². The number of sulfonamides is 1. The van der Waals surface area contributed by atoms with E-state index in [1.54, 1.807) is 24.3 Å². The molecule has 1 aliphatic heterocycles. The molecule has 0 saturated heterocycles. The first-order chi connectivity index (χ1) is 12.2. The van der Waals surface area contributed by atoms with Crippen molar-refractivity contribution in [2.24, 2.45) is 5.14 Å². The molecule has 0 bridgehead atoms. The molecule has 1 aliphatic rings. The fraction of sp³-hybridized carbons (Fsp3) is 0.0588. The molecule has 3 rings (SSSR count). The van der Waals surface area contributed by atoms with E-state index in [-0.39, 0.29) is 15.6 Å². The van der Waals surface area contributed by atoms with Crippen LogP contribution in [0.1, 0.15) is 5.56 Å². The second kappa shape index (κ2) is 6.56. The number of nitrogens with two attached hydrogens (primary N) is 1. The highest BCUT2D eigenvalue weighted by Gasteiger charge is 2.38. The molecule has 2 aromatic rings. The summed E-state index contributed by atoms with van der Waals surface area (Å²) in [7, 11) is -3.82. The van der Waals surface area contributed by atoms with E-state index >= 15 is 0 Å². The van der Waals surface area contributed by atoms with Gasteiger partial charge in [0.2, 0.25) is 10.0 Å². The van der Waals surface area contributed by atoms with Crippen molar-refractivity contribution in [3.63, 3.8) is 0 Å². The molecule has 0 saturated carbocycles. The second-order valence-corrected chi connectivity index (χ2v) is 7.60. The maximum atomic E-state index is 12.6. The molecule has 0 unspecified atom stereocenters. The van der Waals surface area contributed by atoms with Crippen LogP contribution in [0.3, 0.4) is 0 Å². The summed E-state index contributed by atoms with van der Waals surface area (Å²) in [5.74, 6) is -1.23. The fourth-order valence-corrected chi connectivity index (χ4v) is 3.14. The third kappa shape index (κ3) is 3.34. The minimum Gasteiger partial charge on any atom is -0.350 e. The minimum atomic E-state index is -3.82. The molecule has 9 heteroatoms. The maximum Gasteiger partial charge on any atom is 0.283 e. The number of carbonyl (C=O) groups excluding carboxylic acids is 2. The van der Waals surface area contributed by atoms with Gasteiger partial charge in [-0.3, -0.25) is 9.59 Å². The van der Waals surface area contributed by atoms with Crippen LogP contribution in [0.2, 0.25) is 0 Å². The molecule has 0 spiro atoms. The van der Waals surface area contributed by atoms with Gasteiger partial charge in [-0.05, 0) is 43.3 Å². The van der Waals surface area contributed by atoms with E-state index in [1.165, 1.54) is 24.3 Å². The zero-order valence-electron chi connectivity index (χ0n) is 13.6. The van der Waals surface area contributed by atoms with Gasteiger partial charge in [0, 0.05) is 5.69 Å². The van der Waals surface area contributed by atoms with Crippen LogP contribution >= 0.6 is 11.6 Å². The Morgan fingerprint density at radius 1 is 0.962 bits per heavy atom. The predicted octanol–water partition coefficient (Wildman–Crippen LogP) is 2.08. The Morgan fingerprint density at radius 3 is 2.08 bits per heavy atom. The number of benzene rings is 2. The summed E-state index contributed by atoms with van der Waals surface area (Å²) >= 11 is 6.04. The molecule has 3 N–H and O–H groups in total. The number of halogens is 1. The Kier molecular flexibility index (Phi) is 4.57. The maximum absolute atomic E-state index is 12.6. The number of rotatable bonds is 4. The number of primary sulfonamides is 1. The van der Waals surface area contributed by atoms with Crippen molar-refractivity contribution in [1.82, 2.24) is 0 Å². The van der Waals surface area contributed by atoms with E-state index in [1.807, 2.05) is 6.92 Å². The number of carbonyl (C=O) groups is 2. The van der Waals surface area contributed by atoms with Crippen molar-refractivity contribution < 1.29 is 18.0 Å². The number of hydrogen-bond acceptors (Lipinski definition) is 5. The molecule has 0 aliphatic carbocycles. The van der Waals surface area contributed by atoms with Gasteiger partial charge in [0.15, 0.2) is 0 Å². The molecule has 7 nitrogen and oxygen atoms in total. The summed E-state index contributed by atoms with van der Waals surface area (Å²) in [6.45, 7) is 1.89. The van der Waals surface area contributed by atoms with Crippen LogP contribution in [-0.2, 0) is 19.6 Å². The third-order valence-corrected chi connectivity index (χ3v) is 5.05. The van der Waals surface area contributed by atoms with Crippen LogP contribution in [0.5, 0.6) is 0 Å². The third-order valence-electron chi connectivity index (χ3n) is 3.77. The highest BCUT2D eigenvalue weighted by atomic mass is 35.5. The number of amides is 2. The van der Waals surface area contributed by atoms with Gasteiger partial charge < -0.3 is 5.32 Å². The lowest BCUT2D eigenvalue weighted by Gasteiger charge is -2.15. The molecule has 26 heavy (non-hydrogen) atoms. The highest BCUT2D eigenvalue weighted by molar-refractivity contribution is 7.89. The lowest BCUT2D eigenvalue weighted by atomic mass is 10.2. The zero-order chi connectivity index (χ0) is 19.1. The molecule has 2 aromatic carbocycles. The van der Waals surface area contributed by atoms with Crippen molar-refractivity contribution in [3.8, 4) is 0 Å². The summed E-state index contributed by atoms with van der Waals surface area (Å²) in [5, 5.41) is 7.56. The van der Waals surface area contributed by atoms with Gasteiger partial charge in [0.1, 0.15) is 10.7 Å². The summed E-state index contributed by atoms with van der Waals surface area (Å²) in [5.41, 5.74) is 1.70. The Hall–Kier alpha value is -2.68.